The van der Waals surface area contributed by atoms with Crippen LogP contribution in [0.15, 0.2) is 35.3 Å². The molecule has 0 spiro atoms. The van der Waals surface area contributed by atoms with E-state index >= 15 is 0 Å². The average molecular weight is 425 g/mol. The van der Waals surface area contributed by atoms with Crippen molar-refractivity contribution in [1.29, 1.82) is 0 Å². The van der Waals surface area contributed by atoms with Crippen molar-refractivity contribution in [2.24, 2.45) is 12.0 Å². The van der Waals surface area contributed by atoms with Gasteiger partial charge in [0.05, 0.1) is 24.5 Å². The number of nitrogens with one attached hydrogen (secondary N) is 2. The summed E-state index contributed by atoms with van der Waals surface area (Å²) in [5, 5.41) is 19.7. The highest BCUT2D eigenvalue weighted by molar-refractivity contribution is 5.79. The van der Waals surface area contributed by atoms with E-state index in [0.29, 0.717) is 19.7 Å². The fraction of sp³-hybridized carbons (Fsp3) is 0.455. The molecule has 0 radical (unpaired) electrons. The molecule has 2 heterocycles. The van der Waals surface area contributed by atoms with Gasteiger partial charge < -0.3 is 19.9 Å². The Bertz CT molecular complexity index is 1020. The number of aryl methyl sites for hydroxylation is 3. The predicted molar refractivity (Wildman–Crippen MR) is 121 cm³/mol. The molecule has 2 N–H and O–H groups in total. The molecule has 0 aliphatic heterocycles. The van der Waals surface area contributed by atoms with E-state index in [2.05, 4.69) is 51.1 Å². The van der Waals surface area contributed by atoms with Gasteiger partial charge in [-0.05, 0) is 44.9 Å². The predicted octanol–water partition coefficient (Wildman–Crippen LogP) is 2.20. The number of nitrogens with zero attached hydrogens (tertiary/aromatic N) is 6. The molecule has 1 aromatic carbocycles. The Balaban J connectivity index is 1.76. The molecule has 9 nitrogen and oxygen atoms in total. The quantitative estimate of drug-likeness (QED) is 0.311. The first-order chi connectivity index (χ1) is 15.0. The minimum Gasteiger partial charge on any atom is -0.385 e. The van der Waals surface area contributed by atoms with Crippen LogP contribution in [0.25, 0.3) is 5.69 Å². The standard InChI is InChI=1S/C22H32N8O/c1-16-13-17(2)30(28-16)20-10-7-6-9-19(20)14-24-22(23-11-8-12-31-5)25-15-21-27-26-18(3)29(21)4/h6-7,9-10,13H,8,11-12,14-15H2,1-5H3,(H2,23,24,25). The molecule has 0 saturated heterocycles. The SMILES string of the molecule is COCCCNC(=NCc1ccccc1-n1nc(C)cc1C)NCc1nnc(C)n1C. The van der Waals surface area contributed by atoms with Gasteiger partial charge in [0.2, 0.25) is 0 Å². The monoisotopic (exact) mass is 424 g/mol. The van der Waals surface area contributed by atoms with E-state index in [-0.39, 0.29) is 0 Å². The lowest BCUT2D eigenvalue weighted by Crippen LogP contribution is -2.38. The summed E-state index contributed by atoms with van der Waals surface area (Å²) in [4.78, 5) is 4.82. The fourth-order valence-corrected chi connectivity index (χ4v) is 3.25. The molecule has 0 aliphatic carbocycles. The number of aromatic nitrogens is 5. The zero-order valence-corrected chi connectivity index (χ0v) is 19.0. The molecule has 0 aliphatic rings. The lowest BCUT2D eigenvalue weighted by molar-refractivity contribution is 0.195. The van der Waals surface area contributed by atoms with Crippen molar-refractivity contribution in [2.45, 2.75) is 40.3 Å². The average Bonchev–Trinajstić information content (AvgIpc) is 3.27. The van der Waals surface area contributed by atoms with Crippen LogP contribution < -0.4 is 10.6 Å². The fourth-order valence-electron chi connectivity index (χ4n) is 3.25. The van der Waals surface area contributed by atoms with Crippen LogP contribution in [-0.4, -0.2) is 50.8 Å². The van der Waals surface area contributed by atoms with Crippen molar-refractivity contribution in [1.82, 2.24) is 35.2 Å². The molecule has 0 amide bonds. The van der Waals surface area contributed by atoms with Gasteiger partial charge in [-0.2, -0.15) is 5.10 Å². The van der Waals surface area contributed by atoms with Crippen molar-refractivity contribution in [2.75, 3.05) is 20.3 Å². The van der Waals surface area contributed by atoms with Crippen molar-refractivity contribution in [3.8, 4) is 5.69 Å². The summed E-state index contributed by atoms with van der Waals surface area (Å²) in [6, 6.07) is 10.3. The highest BCUT2D eigenvalue weighted by Crippen LogP contribution is 2.17. The second-order valence-corrected chi connectivity index (χ2v) is 7.48. The summed E-state index contributed by atoms with van der Waals surface area (Å²) in [6.07, 6.45) is 0.891. The third-order valence-corrected chi connectivity index (χ3v) is 5.05. The number of guanidine groups is 1. The molecule has 0 atom stereocenters. The number of hydrogen-bond donors (Lipinski definition) is 2. The molecule has 0 bridgehead atoms. The van der Waals surface area contributed by atoms with Crippen LogP contribution in [-0.2, 0) is 24.9 Å². The minimum absolute atomic E-state index is 0.520. The maximum absolute atomic E-state index is 5.15. The molecule has 2 aromatic heterocycles. The van der Waals surface area contributed by atoms with Gasteiger partial charge in [-0.3, -0.25) is 0 Å². The van der Waals surface area contributed by atoms with Gasteiger partial charge in [0.25, 0.3) is 0 Å². The van der Waals surface area contributed by atoms with Crippen molar-refractivity contribution in [3.63, 3.8) is 0 Å². The Hall–Kier alpha value is -3.20. The number of benzene rings is 1. The van der Waals surface area contributed by atoms with Gasteiger partial charge in [0.1, 0.15) is 5.82 Å². The van der Waals surface area contributed by atoms with Crippen LogP contribution in [0.1, 0.15) is 35.0 Å². The topological polar surface area (TPSA) is 94.2 Å². The third kappa shape index (κ3) is 5.91. The number of methoxy groups -OCH3 is 1. The van der Waals surface area contributed by atoms with Crippen molar-refractivity contribution in [3.05, 3.63) is 58.9 Å². The number of para-hydroxylation sites is 1. The van der Waals surface area contributed by atoms with E-state index in [1.165, 1.54) is 0 Å². The van der Waals surface area contributed by atoms with Crippen LogP contribution in [0.3, 0.4) is 0 Å². The van der Waals surface area contributed by atoms with Gasteiger partial charge in [-0.15, -0.1) is 10.2 Å². The third-order valence-electron chi connectivity index (χ3n) is 5.05. The van der Waals surface area contributed by atoms with Gasteiger partial charge in [-0.1, -0.05) is 18.2 Å². The van der Waals surface area contributed by atoms with E-state index in [0.717, 1.165) is 53.2 Å². The van der Waals surface area contributed by atoms with E-state index < -0.39 is 0 Å². The van der Waals surface area contributed by atoms with Gasteiger partial charge in [-0.25, -0.2) is 9.67 Å². The number of hydrogen-bond acceptors (Lipinski definition) is 5. The zero-order chi connectivity index (χ0) is 22.2. The minimum atomic E-state index is 0.520. The van der Waals surface area contributed by atoms with Crippen LogP contribution in [0.2, 0.25) is 0 Å². The number of aliphatic imine (C=N–C) groups is 1. The lowest BCUT2D eigenvalue weighted by atomic mass is 10.2. The summed E-state index contributed by atoms with van der Waals surface area (Å²) in [6.45, 7) is 8.51. The Labute approximate surface area is 183 Å². The highest BCUT2D eigenvalue weighted by atomic mass is 16.5. The van der Waals surface area contributed by atoms with E-state index in [1.54, 1.807) is 7.11 Å². The van der Waals surface area contributed by atoms with E-state index in [1.807, 2.05) is 42.3 Å². The molecular formula is C22H32N8O. The smallest absolute Gasteiger partial charge is 0.191 e. The summed E-state index contributed by atoms with van der Waals surface area (Å²) < 4.78 is 9.09. The first kappa shape index (κ1) is 22.5. The molecule has 3 rings (SSSR count). The highest BCUT2D eigenvalue weighted by Gasteiger charge is 2.10. The molecule has 9 heteroatoms. The first-order valence-corrected chi connectivity index (χ1v) is 10.5. The number of ether oxygens (including phenoxy) is 1. The molecule has 3 aromatic rings. The van der Waals surface area contributed by atoms with Crippen molar-refractivity contribution < 1.29 is 4.74 Å². The van der Waals surface area contributed by atoms with Crippen LogP contribution in [0.5, 0.6) is 0 Å². The zero-order valence-electron chi connectivity index (χ0n) is 19.0. The van der Waals surface area contributed by atoms with Crippen LogP contribution >= 0.6 is 0 Å². The molecule has 31 heavy (non-hydrogen) atoms. The first-order valence-electron chi connectivity index (χ1n) is 10.5. The van der Waals surface area contributed by atoms with Gasteiger partial charge in [0.15, 0.2) is 11.8 Å². The summed E-state index contributed by atoms with van der Waals surface area (Å²) in [5.74, 6) is 2.45. The largest absolute Gasteiger partial charge is 0.385 e. The summed E-state index contributed by atoms with van der Waals surface area (Å²) in [7, 11) is 3.67. The second kappa shape index (κ2) is 10.7. The molecule has 0 unspecified atom stereocenters. The Morgan fingerprint density at radius 3 is 2.61 bits per heavy atom. The maximum Gasteiger partial charge on any atom is 0.191 e. The maximum atomic E-state index is 5.15. The second-order valence-electron chi connectivity index (χ2n) is 7.48. The number of rotatable bonds is 9. The summed E-state index contributed by atoms with van der Waals surface area (Å²) >= 11 is 0. The molecule has 0 saturated carbocycles. The Morgan fingerprint density at radius 2 is 1.94 bits per heavy atom. The molecule has 166 valence electrons. The van der Waals surface area contributed by atoms with E-state index in [9.17, 15) is 0 Å². The van der Waals surface area contributed by atoms with Gasteiger partial charge in [0, 0.05) is 33.0 Å². The normalized spacial score (nSPS) is 11.7. The Kier molecular flexibility index (Phi) is 7.77. The van der Waals surface area contributed by atoms with Crippen molar-refractivity contribution >= 4 is 5.96 Å². The lowest BCUT2D eigenvalue weighted by Gasteiger charge is -2.14. The van der Waals surface area contributed by atoms with Crippen LogP contribution in [0.4, 0.5) is 0 Å². The molecule has 0 fully saturated rings. The summed E-state index contributed by atoms with van der Waals surface area (Å²) in [5.41, 5.74) is 4.24. The Morgan fingerprint density at radius 1 is 1.13 bits per heavy atom. The molecular weight excluding hydrogens is 392 g/mol. The van der Waals surface area contributed by atoms with Gasteiger partial charge >= 0.3 is 0 Å². The van der Waals surface area contributed by atoms with Crippen LogP contribution in [0, 0.1) is 20.8 Å². The van der Waals surface area contributed by atoms with E-state index in [4.69, 9.17) is 9.73 Å².